The molecule has 0 amide bonds. The van der Waals surface area contributed by atoms with E-state index in [0.717, 1.165) is 5.56 Å². The lowest BCUT2D eigenvalue weighted by molar-refractivity contribution is 0.303. The lowest BCUT2D eigenvalue weighted by atomic mass is 10.2. The van der Waals surface area contributed by atoms with E-state index in [1.54, 1.807) is 19.2 Å². The Bertz CT molecular complexity index is 607. The van der Waals surface area contributed by atoms with Gasteiger partial charge in [0.15, 0.2) is 0 Å². The molecule has 0 radical (unpaired) electrons. The van der Waals surface area contributed by atoms with Gasteiger partial charge in [-0.25, -0.2) is 0 Å². The molecule has 1 aromatic heterocycles. The van der Waals surface area contributed by atoms with Gasteiger partial charge in [0.2, 0.25) is 5.95 Å². The van der Waals surface area contributed by atoms with E-state index < -0.39 is 0 Å². The Morgan fingerprint density at radius 3 is 2.65 bits per heavy atom. The minimum Gasteiger partial charge on any atom is -0.464 e. The van der Waals surface area contributed by atoms with Crippen molar-refractivity contribution in [3.8, 4) is 17.8 Å². The number of hydrogen-bond acceptors (Lipinski definition) is 6. The fraction of sp³-hybridized carbons (Fsp3) is 0.308. The molecular weight excluding hydrogens is 280 g/mol. The van der Waals surface area contributed by atoms with E-state index in [2.05, 4.69) is 20.3 Å². The molecule has 2 rings (SSSR count). The Balaban J connectivity index is 2.32. The van der Waals surface area contributed by atoms with Crippen molar-refractivity contribution < 1.29 is 9.47 Å². The zero-order valence-corrected chi connectivity index (χ0v) is 12.2. The molecule has 20 heavy (non-hydrogen) atoms. The number of halogens is 1. The summed E-state index contributed by atoms with van der Waals surface area (Å²) in [5, 5.41) is 3.41. The molecule has 1 N–H and O–H groups in total. The molecule has 0 bridgehead atoms. The van der Waals surface area contributed by atoms with Gasteiger partial charge in [-0.2, -0.15) is 9.97 Å². The van der Waals surface area contributed by atoms with Crippen molar-refractivity contribution in [2.45, 2.75) is 13.8 Å². The summed E-state index contributed by atoms with van der Waals surface area (Å²) >= 11 is 5.95. The largest absolute Gasteiger partial charge is 0.464 e. The van der Waals surface area contributed by atoms with Crippen LogP contribution in [-0.4, -0.2) is 28.6 Å². The molecule has 0 spiro atoms. The van der Waals surface area contributed by atoms with Crippen LogP contribution < -0.4 is 14.8 Å². The Morgan fingerprint density at radius 1 is 1.20 bits per heavy atom. The zero-order chi connectivity index (χ0) is 14.5. The summed E-state index contributed by atoms with van der Waals surface area (Å²) in [6.07, 6.45) is 0. The fourth-order valence-electron chi connectivity index (χ4n) is 1.47. The third kappa shape index (κ3) is 3.48. The topological polar surface area (TPSA) is 69.2 Å². The standard InChI is InChI=1S/C13H15ClN4O2/c1-4-19-12-16-11(15-3)17-13(18-12)20-10-7-9(14)6-5-8(10)2/h5-7H,4H2,1-3H3,(H,15,16,17,18). The van der Waals surface area contributed by atoms with Crippen molar-refractivity contribution in [3.05, 3.63) is 28.8 Å². The van der Waals surface area contributed by atoms with Crippen molar-refractivity contribution in [3.63, 3.8) is 0 Å². The third-order valence-electron chi connectivity index (χ3n) is 2.44. The van der Waals surface area contributed by atoms with E-state index in [1.165, 1.54) is 0 Å². The van der Waals surface area contributed by atoms with Crippen LogP contribution >= 0.6 is 11.6 Å². The first-order valence-corrected chi connectivity index (χ1v) is 6.50. The number of aryl methyl sites for hydroxylation is 1. The summed E-state index contributed by atoms with van der Waals surface area (Å²) in [4.78, 5) is 12.3. The molecule has 1 heterocycles. The van der Waals surface area contributed by atoms with Gasteiger partial charge in [0.1, 0.15) is 5.75 Å². The number of nitrogens with zero attached hydrogens (tertiary/aromatic N) is 3. The number of aromatic nitrogens is 3. The summed E-state index contributed by atoms with van der Waals surface area (Å²) < 4.78 is 10.9. The maximum atomic E-state index is 5.95. The number of rotatable bonds is 5. The van der Waals surface area contributed by atoms with Crippen molar-refractivity contribution in [1.29, 1.82) is 0 Å². The first-order chi connectivity index (χ1) is 9.62. The quantitative estimate of drug-likeness (QED) is 0.914. The van der Waals surface area contributed by atoms with E-state index in [9.17, 15) is 0 Å². The second-order valence-electron chi connectivity index (χ2n) is 3.92. The van der Waals surface area contributed by atoms with E-state index in [-0.39, 0.29) is 12.0 Å². The second kappa shape index (κ2) is 6.38. The molecule has 0 aliphatic rings. The van der Waals surface area contributed by atoms with Gasteiger partial charge < -0.3 is 14.8 Å². The highest BCUT2D eigenvalue weighted by molar-refractivity contribution is 6.30. The monoisotopic (exact) mass is 294 g/mol. The minimum absolute atomic E-state index is 0.151. The van der Waals surface area contributed by atoms with E-state index in [1.807, 2.05) is 19.9 Å². The second-order valence-corrected chi connectivity index (χ2v) is 4.36. The molecule has 0 aliphatic carbocycles. The van der Waals surface area contributed by atoms with Crippen LogP contribution in [0, 0.1) is 6.92 Å². The van der Waals surface area contributed by atoms with Gasteiger partial charge >= 0.3 is 12.0 Å². The number of anilines is 1. The maximum absolute atomic E-state index is 5.95. The molecule has 0 aliphatic heterocycles. The highest BCUT2D eigenvalue weighted by Crippen LogP contribution is 2.27. The van der Waals surface area contributed by atoms with Crippen molar-refractivity contribution in [2.24, 2.45) is 0 Å². The van der Waals surface area contributed by atoms with Crippen molar-refractivity contribution in [1.82, 2.24) is 15.0 Å². The molecule has 0 saturated heterocycles. The van der Waals surface area contributed by atoms with Crippen LogP contribution in [0.4, 0.5) is 5.95 Å². The molecule has 7 heteroatoms. The van der Waals surface area contributed by atoms with Gasteiger partial charge in [0.05, 0.1) is 6.61 Å². The molecule has 6 nitrogen and oxygen atoms in total. The minimum atomic E-state index is 0.151. The first kappa shape index (κ1) is 14.3. The first-order valence-electron chi connectivity index (χ1n) is 6.13. The summed E-state index contributed by atoms with van der Waals surface area (Å²) in [5.41, 5.74) is 0.929. The van der Waals surface area contributed by atoms with Gasteiger partial charge in [0, 0.05) is 12.1 Å². The molecule has 106 valence electrons. The molecular formula is C13H15ClN4O2. The van der Waals surface area contributed by atoms with E-state index >= 15 is 0 Å². The van der Waals surface area contributed by atoms with Gasteiger partial charge in [-0.15, -0.1) is 4.98 Å². The zero-order valence-electron chi connectivity index (χ0n) is 11.5. The van der Waals surface area contributed by atoms with Crippen molar-refractivity contribution in [2.75, 3.05) is 19.0 Å². The number of nitrogens with one attached hydrogen (secondary N) is 1. The smallest absolute Gasteiger partial charge is 0.330 e. The Kier molecular flexibility index (Phi) is 4.57. The molecule has 0 atom stereocenters. The van der Waals surface area contributed by atoms with Crippen LogP contribution in [0.5, 0.6) is 17.8 Å². The summed E-state index contributed by atoms with van der Waals surface area (Å²) in [5.74, 6) is 0.964. The molecule has 1 aromatic carbocycles. The SMILES string of the molecule is CCOc1nc(NC)nc(Oc2cc(Cl)ccc2C)n1. The van der Waals surface area contributed by atoms with E-state index in [4.69, 9.17) is 21.1 Å². The summed E-state index contributed by atoms with van der Waals surface area (Å²) in [6, 6.07) is 5.73. The normalized spacial score (nSPS) is 10.2. The van der Waals surface area contributed by atoms with Crippen LogP contribution in [0.3, 0.4) is 0 Å². The van der Waals surface area contributed by atoms with Gasteiger partial charge in [-0.05, 0) is 31.5 Å². The highest BCUT2D eigenvalue weighted by Gasteiger charge is 2.10. The van der Waals surface area contributed by atoms with Gasteiger partial charge in [-0.3, -0.25) is 0 Å². The Labute approximate surface area is 122 Å². The van der Waals surface area contributed by atoms with Gasteiger partial charge in [0.25, 0.3) is 0 Å². The average molecular weight is 295 g/mol. The fourth-order valence-corrected chi connectivity index (χ4v) is 1.63. The lowest BCUT2D eigenvalue weighted by Crippen LogP contribution is -2.05. The summed E-state index contributed by atoms with van der Waals surface area (Å²) in [6.45, 7) is 4.22. The number of ether oxygens (including phenoxy) is 2. The van der Waals surface area contributed by atoms with Crippen LogP contribution in [0.15, 0.2) is 18.2 Å². The van der Waals surface area contributed by atoms with Crippen LogP contribution in [0.2, 0.25) is 5.02 Å². The molecule has 2 aromatic rings. The van der Waals surface area contributed by atoms with Crippen LogP contribution in [-0.2, 0) is 0 Å². The van der Waals surface area contributed by atoms with Crippen LogP contribution in [0.25, 0.3) is 0 Å². The maximum Gasteiger partial charge on any atom is 0.330 e. The average Bonchev–Trinajstić information content (AvgIpc) is 2.43. The van der Waals surface area contributed by atoms with Crippen LogP contribution in [0.1, 0.15) is 12.5 Å². The third-order valence-corrected chi connectivity index (χ3v) is 2.68. The lowest BCUT2D eigenvalue weighted by Gasteiger charge is -2.09. The van der Waals surface area contributed by atoms with E-state index in [0.29, 0.717) is 23.3 Å². The Morgan fingerprint density at radius 2 is 1.95 bits per heavy atom. The molecule has 0 saturated carbocycles. The molecule has 0 unspecified atom stereocenters. The predicted molar refractivity (Wildman–Crippen MR) is 76.8 cm³/mol. The predicted octanol–water partition coefficient (Wildman–Crippen LogP) is 3.07. The highest BCUT2D eigenvalue weighted by atomic mass is 35.5. The number of benzene rings is 1. The Hall–Kier alpha value is -2.08. The number of hydrogen-bond donors (Lipinski definition) is 1. The molecule has 0 fully saturated rings. The van der Waals surface area contributed by atoms with Crippen molar-refractivity contribution >= 4 is 17.5 Å². The van der Waals surface area contributed by atoms with Gasteiger partial charge in [-0.1, -0.05) is 17.7 Å². The summed E-state index contributed by atoms with van der Waals surface area (Å²) in [7, 11) is 1.71.